The average Bonchev–Trinajstić information content (AvgIpc) is 3.22. The highest BCUT2D eigenvalue weighted by atomic mass is 32.2. The van der Waals surface area contributed by atoms with Crippen molar-refractivity contribution in [3.8, 4) is 22.8 Å². The molecule has 1 fully saturated rings. The minimum Gasteiger partial charge on any atom is -0.478 e. The summed E-state index contributed by atoms with van der Waals surface area (Å²) in [6, 6.07) is 9.14. The zero-order valence-corrected chi connectivity index (χ0v) is 18.9. The summed E-state index contributed by atoms with van der Waals surface area (Å²) in [6.07, 6.45) is 4.33. The maximum atomic E-state index is 14.1. The number of rotatable bonds is 6. The Labute approximate surface area is 190 Å². The smallest absolute Gasteiger partial charge is 0.338 e. The van der Waals surface area contributed by atoms with Gasteiger partial charge in [-0.15, -0.1) is 0 Å². The Bertz CT molecular complexity index is 1310. The van der Waals surface area contributed by atoms with E-state index in [-0.39, 0.29) is 23.0 Å². The van der Waals surface area contributed by atoms with Gasteiger partial charge in [0.1, 0.15) is 5.82 Å². The van der Waals surface area contributed by atoms with Gasteiger partial charge in [0, 0.05) is 23.8 Å². The van der Waals surface area contributed by atoms with Gasteiger partial charge >= 0.3 is 5.97 Å². The Balaban J connectivity index is 1.72. The van der Waals surface area contributed by atoms with Crippen LogP contribution < -0.4 is 9.62 Å². The predicted octanol–water partition coefficient (Wildman–Crippen LogP) is 3.99. The number of carboxylic acids is 1. The molecule has 33 heavy (non-hydrogen) atoms. The predicted molar refractivity (Wildman–Crippen MR) is 121 cm³/mol. The number of carboxylic acid groups (broad SMARTS) is 1. The molecule has 174 valence electrons. The van der Waals surface area contributed by atoms with Crippen molar-refractivity contribution < 1.29 is 27.2 Å². The normalized spacial score (nSPS) is 16.6. The third-order valence-electron chi connectivity index (χ3n) is 5.55. The van der Waals surface area contributed by atoms with Gasteiger partial charge < -0.3 is 14.5 Å². The van der Waals surface area contributed by atoms with Gasteiger partial charge in [0.15, 0.2) is 0 Å². The molecule has 11 heteroatoms. The van der Waals surface area contributed by atoms with E-state index in [1.807, 2.05) is 6.07 Å². The van der Waals surface area contributed by atoms with Crippen LogP contribution in [0.4, 0.5) is 15.8 Å². The lowest BCUT2D eigenvalue weighted by atomic mass is 10.0. The summed E-state index contributed by atoms with van der Waals surface area (Å²) < 4.78 is 45.9. The van der Waals surface area contributed by atoms with Crippen molar-refractivity contribution in [3.63, 3.8) is 0 Å². The number of aromatic nitrogens is 2. The molecule has 1 unspecified atom stereocenters. The van der Waals surface area contributed by atoms with Gasteiger partial charge in [0.05, 0.1) is 23.1 Å². The Morgan fingerprint density at radius 3 is 2.70 bits per heavy atom. The fourth-order valence-corrected chi connectivity index (χ4v) is 4.51. The number of benzene rings is 2. The summed E-state index contributed by atoms with van der Waals surface area (Å²) >= 11 is 0. The topological polar surface area (TPSA) is 126 Å². The van der Waals surface area contributed by atoms with E-state index < -0.39 is 27.4 Å². The second kappa shape index (κ2) is 8.81. The highest BCUT2D eigenvalue weighted by molar-refractivity contribution is 7.92. The first-order chi connectivity index (χ1) is 15.6. The van der Waals surface area contributed by atoms with E-state index in [9.17, 15) is 17.6 Å². The Morgan fingerprint density at radius 1 is 1.24 bits per heavy atom. The lowest BCUT2D eigenvalue weighted by molar-refractivity contribution is 0.0692. The lowest BCUT2D eigenvalue weighted by Crippen LogP contribution is -2.37. The zero-order valence-electron chi connectivity index (χ0n) is 18.1. The third kappa shape index (κ3) is 4.98. The lowest BCUT2D eigenvalue weighted by Gasteiger charge is -2.35. The molecule has 0 saturated carbocycles. The van der Waals surface area contributed by atoms with Crippen molar-refractivity contribution in [2.24, 2.45) is 0 Å². The molecule has 1 aliphatic heterocycles. The molecule has 1 aromatic heterocycles. The van der Waals surface area contributed by atoms with Gasteiger partial charge in [-0.3, -0.25) is 4.72 Å². The number of piperidine rings is 1. The van der Waals surface area contributed by atoms with Gasteiger partial charge in [-0.2, -0.15) is 4.98 Å². The molecule has 4 rings (SSSR count). The fraction of sp³-hybridized carbons (Fsp3) is 0.318. The van der Waals surface area contributed by atoms with Gasteiger partial charge in [0.25, 0.3) is 5.89 Å². The minimum atomic E-state index is -3.60. The second-order valence-electron chi connectivity index (χ2n) is 8.07. The maximum Gasteiger partial charge on any atom is 0.338 e. The van der Waals surface area contributed by atoms with Gasteiger partial charge in [-0.25, -0.2) is 17.6 Å². The van der Waals surface area contributed by atoms with E-state index >= 15 is 0 Å². The molecule has 0 radical (unpaired) electrons. The van der Waals surface area contributed by atoms with Crippen molar-refractivity contribution in [2.75, 3.05) is 22.4 Å². The summed E-state index contributed by atoms with van der Waals surface area (Å²) in [6.45, 7) is 3.01. The number of anilines is 2. The van der Waals surface area contributed by atoms with E-state index in [2.05, 4.69) is 26.7 Å². The number of sulfonamides is 1. The van der Waals surface area contributed by atoms with Crippen LogP contribution in [0.15, 0.2) is 40.9 Å². The third-order valence-corrected chi connectivity index (χ3v) is 6.14. The number of hydrogen-bond donors (Lipinski definition) is 2. The van der Waals surface area contributed by atoms with Crippen molar-refractivity contribution in [2.45, 2.75) is 32.2 Å². The number of nitrogens with zero attached hydrogens (tertiary/aromatic N) is 3. The van der Waals surface area contributed by atoms with Gasteiger partial charge in [0.2, 0.25) is 15.8 Å². The molecular formula is C22H23FN4O5S. The van der Waals surface area contributed by atoms with Gasteiger partial charge in [-0.05, 0) is 62.6 Å². The van der Waals surface area contributed by atoms with E-state index in [4.69, 9.17) is 9.63 Å². The van der Waals surface area contributed by atoms with E-state index in [0.717, 1.165) is 49.9 Å². The van der Waals surface area contributed by atoms with E-state index in [1.165, 1.54) is 6.07 Å². The number of carbonyl (C=O) groups is 1. The molecule has 0 bridgehead atoms. The molecule has 2 N–H and O–H groups in total. The summed E-state index contributed by atoms with van der Waals surface area (Å²) in [5.74, 6) is -2.23. The number of aromatic carboxylic acids is 1. The van der Waals surface area contributed by atoms with Crippen LogP contribution >= 0.6 is 0 Å². The Kier molecular flexibility index (Phi) is 6.07. The number of hydrogen-bond acceptors (Lipinski definition) is 7. The Hall–Kier alpha value is -3.47. The first-order valence-corrected chi connectivity index (χ1v) is 12.3. The summed E-state index contributed by atoms with van der Waals surface area (Å²) in [7, 11) is -3.60. The van der Waals surface area contributed by atoms with Crippen molar-refractivity contribution in [1.29, 1.82) is 0 Å². The van der Waals surface area contributed by atoms with Crippen LogP contribution in [0.2, 0.25) is 0 Å². The second-order valence-corrected chi connectivity index (χ2v) is 9.81. The number of halogens is 1. The SMILES string of the molecule is CC1CCCCN1c1ccc(-c2nc(-c3ccc(C(=O)O)c(F)c3)no2)c(NS(C)(=O)=O)c1. The first-order valence-electron chi connectivity index (χ1n) is 10.4. The average molecular weight is 475 g/mol. The largest absolute Gasteiger partial charge is 0.478 e. The van der Waals surface area contributed by atoms with Crippen LogP contribution in [0, 0.1) is 5.82 Å². The monoisotopic (exact) mass is 474 g/mol. The summed E-state index contributed by atoms with van der Waals surface area (Å²) in [5.41, 5.74) is 1.29. The van der Waals surface area contributed by atoms with Crippen LogP contribution in [0.25, 0.3) is 22.8 Å². The van der Waals surface area contributed by atoms with Crippen LogP contribution in [0.5, 0.6) is 0 Å². The standard InChI is InChI=1S/C22H23FN4O5S/c1-13-5-3-4-10-27(13)15-7-9-17(19(12-15)26-33(2,30)31)21-24-20(25-32-21)14-6-8-16(22(28)29)18(23)11-14/h6-9,11-13,26H,3-5,10H2,1-2H3,(H,28,29). The molecule has 9 nitrogen and oxygen atoms in total. The highest BCUT2D eigenvalue weighted by Crippen LogP contribution is 2.35. The molecule has 2 aromatic carbocycles. The number of nitrogens with one attached hydrogen (secondary N) is 1. The molecular weight excluding hydrogens is 451 g/mol. The molecule has 1 saturated heterocycles. The molecule has 0 spiro atoms. The van der Waals surface area contributed by atoms with Crippen molar-refractivity contribution in [3.05, 3.63) is 47.8 Å². The maximum absolute atomic E-state index is 14.1. The van der Waals surface area contributed by atoms with Crippen LogP contribution in [-0.4, -0.2) is 48.5 Å². The molecule has 1 aliphatic rings. The van der Waals surface area contributed by atoms with Crippen molar-refractivity contribution in [1.82, 2.24) is 10.1 Å². The molecule has 0 aliphatic carbocycles. The van der Waals surface area contributed by atoms with Crippen LogP contribution in [0.3, 0.4) is 0 Å². The van der Waals surface area contributed by atoms with Crippen LogP contribution in [-0.2, 0) is 10.0 Å². The summed E-state index contributed by atoms with van der Waals surface area (Å²) in [5, 5.41) is 12.8. The highest BCUT2D eigenvalue weighted by Gasteiger charge is 2.22. The molecule has 3 aromatic rings. The van der Waals surface area contributed by atoms with Crippen molar-refractivity contribution >= 4 is 27.4 Å². The first kappa shape index (κ1) is 22.7. The van der Waals surface area contributed by atoms with E-state index in [1.54, 1.807) is 12.1 Å². The van der Waals surface area contributed by atoms with Crippen LogP contribution in [0.1, 0.15) is 36.5 Å². The quantitative estimate of drug-likeness (QED) is 0.549. The zero-order chi connectivity index (χ0) is 23.8. The Morgan fingerprint density at radius 2 is 2.03 bits per heavy atom. The molecule has 1 atom stereocenters. The minimum absolute atomic E-state index is 0.0390. The molecule has 0 amide bonds. The van der Waals surface area contributed by atoms with E-state index in [0.29, 0.717) is 11.6 Å². The fourth-order valence-electron chi connectivity index (χ4n) is 3.94. The summed E-state index contributed by atoms with van der Waals surface area (Å²) in [4.78, 5) is 17.5. The van der Waals surface area contributed by atoms with Gasteiger partial charge in [-0.1, -0.05) is 5.16 Å². The molecule has 2 heterocycles.